The molecule has 0 radical (unpaired) electrons. The number of nitrogens with zero attached hydrogens (tertiary/aromatic N) is 1. The summed E-state index contributed by atoms with van der Waals surface area (Å²) in [5, 5.41) is 19.1. The molecule has 1 aromatic heterocycles. The van der Waals surface area contributed by atoms with Gasteiger partial charge in [-0.1, -0.05) is 29.8 Å². The Hall–Kier alpha value is -1.89. The quantitative estimate of drug-likeness (QED) is 0.769. The van der Waals surface area contributed by atoms with Gasteiger partial charge in [0.05, 0.1) is 5.52 Å². The Morgan fingerprint density at radius 3 is 2.76 bits per heavy atom. The summed E-state index contributed by atoms with van der Waals surface area (Å²) in [5.41, 5.74) is 0.917. The van der Waals surface area contributed by atoms with Gasteiger partial charge in [-0.25, -0.2) is 4.79 Å². The molecular weight excluding hydrogens is 338 g/mol. The van der Waals surface area contributed by atoms with Crippen molar-refractivity contribution < 1.29 is 14.7 Å². The summed E-state index contributed by atoms with van der Waals surface area (Å²) in [7, 11) is 0. The topological polar surface area (TPSA) is 95.1 Å². The van der Waals surface area contributed by atoms with E-state index in [0.29, 0.717) is 11.8 Å². The fourth-order valence-corrected chi connectivity index (χ4v) is 2.44. The highest BCUT2D eigenvalue weighted by Gasteiger charge is 2.24. The van der Waals surface area contributed by atoms with Crippen LogP contribution >= 0.6 is 15.9 Å². The average Bonchev–Trinajstić information content (AvgIpc) is 2.80. The van der Waals surface area contributed by atoms with Gasteiger partial charge >= 0.3 is 5.97 Å². The van der Waals surface area contributed by atoms with Crippen LogP contribution in [0.25, 0.3) is 10.9 Å². The van der Waals surface area contributed by atoms with E-state index in [1.54, 1.807) is 12.1 Å². The van der Waals surface area contributed by atoms with Gasteiger partial charge in [-0.3, -0.25) is 9.89 Å². The minimum Gasteiger partial charge on any atom is -0.480 e. The first-order chi connectivity index (χ1) is 9.88. The number of rotatable bonds is 5. The number of hydrogen-bond acceptors (Lipinski definition) is 3. The molecule has 0 bridgehead atoms. The van der Waals surface area contributed by atoms with Gasteiger partial charge in [-0.2, -0.15) is 5.10 Å². The van der Waals surface area contributed by atoms with E-state index in [0.717, 1.165) is 9.99 Å². The molecule has 0 saturated heterocycles. The Morgan fingerprint density at radius 1 is 1.43 bits per heavy atom. The molecule has 3 N–H and O–H groups in total. The smallest absolute Gasteiger partial charge is 0.326 e. The molecule has 2 rings (SSSR count). The molecule has 0 spiro atoms. The zero-order valence-corrected chi connectivity index (χ0v) is 13.3. The van der Waals surface area contributed by atoms with Crippen molar-refractivity contribution in [1.29, 1.82) is 0 Å². The summed E-state index contributed by atoms with van der Waals surface area (Å²) < 4.78 is 0.822. The number of aromatic nitrogens is 2. The maximum atomic E-state index is 12.3. The van der Waals surface area contributed by atoms with Crippen molar-refractivity contribution in [3.8, 4) is 0 Å². The average molecular weight is 354 g/mol. The van der Waals surface area contributed by atoms with Gasteiger partial charge in [0.25, 0.3) is 5.91 Å². The predicted molar refractivity (Wildman–Crippen MR) is 82.1 cm³/mol. The number of hydrogen-bond donors (Lipinski definition) is 3. The lowest BCUT2D eigenvalue weighted by atomic mass is 10.0. The van der Waals surface area contributed by atoms with Crippen LogP contribution in [0.15, 0.2) is 22.7 Å². The van der Waals surface area contributed by atoms with Crippen molar-refractivity contribution in [3.05, 3.63) is 28.4 Å². The van der Waals surface area contributed by atoms with E-state index in [1.807, 2.05) is 19.9 Å². The van der Waals surface area contributed by atoms with Crippen LogP contribution in [-0.2, 0) is 4.79 Å². The zero-order valence-electron chi connectivity index (χ0n) is 11.7. The van der Waals surface area contributed by atoms with Crippen molar-refractivity contribution in [2.75, 3.05) is 0 Å². The highest BCUT2D eigenvalue weighted by Crippen LogP contribution is 2.21. The molecule has 0 aliphatic rings. The molecule has 1 aromatic carbocycles. The third-order valence-electron chi connectivity index (χ3n) is 3.05. The van der Waals surface area contributed by atoms with Gasteiger partial charge in [-0.15, -0.1) is 0 Å². The largest absolute Gasteiger partial charge is 0.480 e. The molecular formula is C14H16BrN3O3. The molecule has 2 aromatic rings. The fourth-order valence-electron chi connectivity index (χ4n) is 2.08. The van der Waals surface area contributed by atoms with Crippen LogP contribution < -0.4 is 5.32 Å². The molecule has 0 saturated carbocycles. The third kappa shape index (κ3) is 3.60. The van der Waals surface area contributed by atoms with Gasteiger partial charge in [0, 0.05) is 9.86 Å². The molecule has 0 fully saturated rings. The number of fused-ring (bicyclic) bond motifs is 1. The second-order valence-corrected chi connectivity index (χ2v) is 6.17. The summed E-state index contributed by atoms with van der Waals surface area (Å²) in [6, 6.07) is 4.48. The molecule has 0 unspecified atom stereocenters. The second kappa shape index (κ2) is 6.26. The number of carboxylic acid groups (broad SMARTS) is 1. The van der Waals surface area contributed by atoms with Crippen LogP contribution in [0, 0.1) is 5.92 Å². The minimum absolute atomic E-state index is 0.163. The molecule has 1 atom stereocenters. The number of amides is 1. The Kier molecular flexibility index (Phi) is 4.62. The summed E-state index contributed by atoms with van der Waals surface area (Å²) in [4.78, 5) is 23.5. The number of carboxylic acids is 1. The second-order valence-electron chi connectivity index (χ2n) is 5.26. The highest BCUT2D eigenvalue weighted by atomic mass is 79.9. The Labute approximate surface area is 130 Å². The third-order valence-corrected chi connectivity index (χ3v) is 3.54. The van der Waals surface area contributed by atoms with Crippen LogP contribution in [0.2, 0.25) is 0 Å². The lowest BCUT2D eigenvalue weighted by Gasteiger charge is -2.15. The molecule has 1 amide bonds. The monoisotopic (exact) mass is 353 g/mol. The lowest BCUT2D eigenvalue weighted by Crippen LogP contribution is -2.41. The first-order valence-corrected chi connectivity index (χ1v) is 7.35. The highest BCUT2D eigenvalue weighted by molar-refractivity contribution is 9.10. The summed E-state index contributed by atoms with van der Waals surface area (Å²) in [6.45, 7) is 3.81. The van der Waals surface area contributed by atoms with Gasteiger partial charge in [0.15, 0.2) is 5.69 Å². The van der Waals surface area contributed by atoms with Crippen molar-refractivity contribution in [2.45, 2.75) is 26.3 Å². The summed E-state index contributed by atoms with van der Waals surface area (Å²) in [6.07, 6.45) is 0.368. The summed E-state index contributed by atoms with van der Waals surface area (Å²) in [5.74, 6) is -1.37. The van der Waals surface area contributed by atoms with E-state index in [4.69, 9.17) is 0 Å². The molecule has 112 valence electrons. The Morgan fingerprint density at radius 2 is 2.14 bits per heavy atom. The van der Waals surface area contributed by atoms with Gasteiger partial charge in [0.1, 0.15) is 6.04 Å². The number of aromatic amines is 1. The number of H-pyrrole nitrogens is 1. The minimum atomic E-state index is -1.04. The van der Waals surface area contributed by atoms with Gasteiger partial charge < -0.3 is 10.4 Å². The van der Waals surface area contributed by atoms with E-state index in [-0.39, 0.29) is 11.6 Å². The number of nitrogens with one attached hydrogen (secondary N) is 2. The lowest BCUT2D eigenvalue weighted by molar-refractivity contribution is -0.139. The van der Waals surface area contributed by atoms with Crippen LogP contribution in [0.3, 0.4) is 0 Å². The van der Waals surface area contributed by atoms with E-state index in [1.165, 1.54) is 0 Å². The normalized spacial score (nSPS) is 12.6. The molecule has 6 nitrogen and oxygen atoms in total. The molecule has 21 heavy (non-hydrogen) atoms. The fraction of sp³-hybridized carbons (Fsp3) is 0.357. The number of carbonyl (C=O) groups excluding carboxylic acids is 1. The van der Waals surface area contributed by atoms with Gasteiger partial charge in [0.2, 0.25) is 0 Å². The van der Waals surface area contributed by atoms with Crippen molar-refractivity contribution in [2.24, 2.45) is 5.92 Å². The van der Waals surface area contributed by atoms with Crippen LogP contribution in [-0.4, -0.2) is 33.2 Å². The van der Waals surface area contributed by atoms with E-state index >= 15 is 0 Å². The zero-order chi connectivity index (χ0) is 15.6. The molecule has 7 heteroatoms. The Balaban J connectivity index is 2.25. The first kappa shape index (κ1) is 15.5. The number of halogens is 1. The molecule has 0 aliphatic heterocycles. The van der Waals surface area contributed by atoms with Crippen molar-refractivity contribution in [3.63, 3.8) is 0 Å². The Bertz CT molecular complexity index is 681. The van der Waals surface area contributed by atoms with Crippen molar-refractivity contribution >= 4 is 38.7 Å². The van der Waals surface area contributed by atoms with E-state index < -0.39 is 17.9 Å². The predicted octanol–water partition coefficient (Wildman–Crippen LogP) is 2.55. The van der Waals surface area contributed by atoms with Crippen LogP contribution in [0.4, 0.5) is 0 Å². The van der Waals surface area contributed by atoms with E-state index in [2.05, 4.69) is 31.4 Å². The van der Waals surface area contributed by atoms with E-state index in [9.17, 15) is 14.7 Å². The number of carbonyl (C=O) groups is 2. The SMILES string of the molecule is CC(C)C[C@H](NC(=O)c1n[nH]c2ccc(Br)cc12)C(=O)O. The number of benzene rings is 1. The maximum absolute atomic E-state index is 12.3. The molecule has 1 heterocycles. The standard InChI is InChI=1S/C14H16BrN3O3/c1-7(2)5-11(14(20)21)16-13(19)12-9-6-8(15)3-4-10(9)17-18-12/h3-4,6-7,11H,5H2,1-2H3,(H,16,19)(H,17,18)(H,20,21)/t11-/m0/s1. The van der Waals surface area contributed by atoms with Crippen LogP contribution in [0.5, 0.6) is 0 Å². The van der Waals surface area contributed by atoms with Crippen LogP contribution in [0.1, 0.15) is 30.8 Å². The van der Waals surface area contributed by atoms with Crippen molar-refractivity contribution in [1.82, 2.24) is 15.5 Å². The summed E-state index contributed by atoms with van der Waals surface area (Å²) >= 11 is 3.34. The first-order valence-electron chi connectivity index (χ1n) is 6.55. The molecule has 0 aliphatic carbocycles. The van der Waals surface area contributed by atoms with Gasteiger partial charge in [-0.05, 0) is 30.5 Å². The maximum Gasteiger partial charge on any atom is 0.326 e. The number of aliphatic carboxylic acids is 1.